The molecule has 1 rings (SSSR count). The van der Waals surface area contributed by atoms with Gasteiger partial charge in [-0.05, 0) is 167 Å². The minimum absolute atomic E-state index is 0.0196. The summed E-state index contributed by atoms with van der Waals surface area (Å²) in [6.07, 6.45) is 0.882. The number of rotatable bonds is 27. The van der Waals surface area contributed by atoms with Crippen molar-refractivity contribution < 1.29 is 70.5 Å². The third-order valence-electron chi connectivity index (χ3n) is 9.12. The Bertz CT molecular complexity index is 1870. The first kappa shape index (κ1) is 61.8. The van der Waals surface area contributed by atoms with Crippen LogP contribution in [0.3, 0.4) is 0 Å². The van der Waals surface area contributed by atoms with Crippen molar-refractivity contribution in [3.8, 4) is 0 Å². The van der Waals surface area contributed by atoms with E-state index in [0.29, 0.717) is 31.4 Å². The fourth-order valence-corrected chi connectivity index (χ4v) is 8.78. The van der Waals surface area contributed by atoms with Crippen LogP contribution in [0.2, 0.25) is 0 Å². The van der Waals surface area contributed by atoms with Crippen LogP contribution in [0.15, 0.2) is 24.3 Å². The average molecular weight is 985 g/mol. The van der Waals surface area contributed by atoms with Gasteiger partial charge in [0.25, 0.3) is 5.91 Å². The van der Waals surface area contributed by atoms with E-state index in [1.807, 2.05) is 0 Å². The molecule has 0 fully saturated rings. The van der Waals surface area contributed by atoms with E-state index in [2.05, 4.69) is 10.6 Å². The molecule has 0 saturated heterocycles. The van der Waals surface area contributed by atoms with Crippen molar-refractivity contribution >= 4 is 49.1 Å². The minimum Gasteiger partial charge on any atom is -0.460 e. The van der Waals surface area contributed by atoms with Crippen molar-refractivity contribution in [2.45, 2.75) is 209 Å². The van der Waals surface area contributed by atoms with Crippen LogP contribution in [0.25, 0.3) is 0 Å². The van der Waals surface area contributed by atoms with E-state index in [0.717, 1.165) is 0 Å². The Morgan fingerprint density at radius 3 is 1.63 bits per heavy atom. The predicted molar refractivity (Wildman–Crippen MR) is 256 cm³/mol. The molecule has 1 unspecified atom stereocenters. The van der Waals surface area contributed by atoms with Gasteiger partial charge in [-0.2, -0.15) is 0 Å². The number of amides is 2. The summed E-state index contributed by atoms with van der Waals surface area (Å²) < 4.78 is 61.8. The molecule has 2 amide bonds. The molecule has 18 heteroatoms. The Kier molecular flexibility index (Phi) is 24.8. The number of Topliss-reactive ketones (excluding diaryl/α,β-unsaturated/α-hetero) is 1. The van der Waals surface area contributed by atoms with Crippen LogP contribution in [0.1, 0.15) is 185 Å². The zero-order valence-corrected chi connectivity index (χ0v) is 44.4. The molecule has 0 aliphatic rings. The van der Waals surface area contributed by atoms with E-state index in [4.69, 9.17) is 28.0 Å². The second-order valence-electron chi connectivity index (χ2n) is 22.1. The van der Waals surface area contributed by atoms with Gasteiger partial charge >= 0.3 is 31.5 Å². The maximum absolute atomic E-state index is 14.5. The number of ether oxygens (including phenoxy) is 4. The second kappa shape index (κ2) is 27.3. The molecule has 68 heavy (non-hydrogen) atoms. The molecule has 0 saturated carbocycles. The van der Waals surface area contributed by atoms with Gasteiger partial charge in [0.05, 0.1) is 30.2 Å². The number of halogens is 1. The smallest absolute Gasteiger partial charge is 0.332 e. The number of ketones is 1. The van der Waals surface area contributed by atoms with Gasteiger partial charge in [0.1, 0.15) is 40.0 Å². The van der Waals surface area contributed by atoms with E-state index in [9.17, 15) is 42.5 Å². The quantitative estimate of drug-likeness (QED) is 0.0363. The monoisotopic (exact) mass is 985 g/mol. The molecule has 4 atom stereocenters. The van der Waals surface area contributed by atoms with Crippen LogP contribution in [0.5, 0.6) is 0 Å². The molecule has 0 bridgehead atoms. The third kappa shape index (κ3) is 29.6. The molecule has 0 heterocycles. The number of esters is 4. The first-order valence-corrected chi connectivity index (χ1v) is 25.4. The zero-order chi connectivity index (χ0) is 52.3. The summed E-state index contributed by atoms with van der Waals surface area (Å²) >= 11 is 0. The largest absolute Gasteiger partial charge is 0.460 e. The van der Waals surface area contributed by atoms with Crippen molar-refractivity contribution in [1.29, 1.82) is 0 Å². The number of carbonyl (C=O) groups is 7. The van der Waals surface area contributed by atoms with Crippen LogP contribution in [0, 0.1) is 17.7 Å². The zero-order valence-electron chi connectivity index (χ0n) is 43.5. The SMILES string of the molecule is CC(C)(C)OC(=O)CC[C@H](CP(=O)(OCCC[C@H](NC(=O)CC[C@H](CC(=O)CCCCCNC(=O)c1ccc(F)cc1)C(=O)OC(C)(C)C)C(=O)OC(C)(C)C)OC(C)(C)C)C(=O)OC(C)(C)C. The lowest BCUT2D eigenvalue weighted by Gasteiger charge is -2.30. The average Bonchev–Trinajstić information content (AvgIpc) is 3.14. The summed E-state index contributed by atoms with van der Waals surface area (Å²) in [5.74, 6) is -6.16. The highest BCUT2D eigenvalue weighted by Gasteiger charge is 2.39. The molecule has 388 valence electrons. The Morgan fingerprint density at radius 2 is 1.10 bits per heavy atom. The molecular formula is C50H82FN2O14P. The van der Waals surface area contributed by atoms with Crippen molar-refractivity contribution in [3.63, 3.8) is 0 Å². The van der Waals surface area contributed by atoms with E-state index in [-0.39, 0.29) is 69.7 Å². The number of unbranched alkanes of at least 4 members (excludes halogenated alkanes) is 2. The van der Waals surface area contributed by atoms with Gasteiger partial charge < -0.3 is 38.6 Å². The van der Waals surface area contributed by atoms with E-state index < -0.39 is 95.2 Å². The molecule has 1 aromatic rings. The first-order valence-electron chi connectivity index (χ1n) is 23.6. The van der Waals surface area contributed by atoms with Gasteiger partial charge in [0.15, 0.2) is 0 Å². The lowest BCUT2D eigenvalue weighted by molar-refractivity contribution is -0.162. The van der Waals surface area contributed by atoms with Crippen molar-refractivity contribution in [2.75, 3.05) is 19.3 Å². The van der Waals surface area contributed by atoms with E-state index in [1.54, 1.807) is 104 Å². The Morgan fingerprint density at radius 1 is 0.588 bits per heavy atom. The van der Waals surface area contributed by atoms with Crippen LogP contribution < -0.4 is 10.6 Å². The number of carbonyl (C=O) groups excluding carboxylic acids is 7. The second-order valence-corrected chi connectivity index (χ2v) is 24.1. The lowest BCUT2D eigenvalue weighted by atomic mass is 9.94. The molecule has 0 radical (unpaired) electrons. The van der Waals surface area contributed by atoms with Crippen molar-refractivity contribution in [2.24, 2.45) is 11.8 Å². The van der Waals surface area contributed by atoms with Crippen LogP contribution >= 0.6 is 7.60 Å². The van der Waals surface area contributed by atoms with Gasteiger partial charge in [-0.3, -0.25) is 33.3 Å². The topological polar surface area (TPSA) is 216 Å². The number of hydrogen-bond acceptors (Lipinski definition) is 14. The highest BCUT2D eigenvalue weighted by Crippen LogP contribution is 2.54. The van der Waals surface area contributed by atoms with Gasteiger partial charge in [-0.1, -0.05) is 6.42 Å². The maximum atomic E-state index is 14.5. The molecule has 1 aromatic carbocycles. The van der Waals surface area contributed by atoms with E-state index >= 15 is 0 Å². The summed E-state index contributed by atoms with van der Waals surface area (Å²) in [5, 5.41) is 5.46. The highest BCUT2D eigenvalue weighted by molar-refractivity contribution is 7.53. The maximum Gasteiger partial charge on any atom is 0.332 e. The van der Waals surface area contributed by atoms with Crippen molar-refractivity contribution in [1.82, 2.24) is 10.6 Å². The Hall–Kier alpha value is -4.21. The van der Waals surface area contributed by atoms with Gasteiger partial charge in [-0.25, -0.2) is 9.18 Å². The first-order chi connectivity index (χ1) is 30.9. The molecule has 0 aliphatic carbocycles. The lowest BCUT2D eigenvalue weighted by Crippen LogP contribution is -2.44. The fourth-order valence-electron chi connectivity index (χ4n) is 6.44. The highest BCUT2D eigenvalue weighted by atomic mass is 31.2. The summed E-state index contributed by atoms with van der Waals surface area (Å²) in [5.41, 5.74) is -4.06. The number of benzene rings is 1. The summed E-state index contributed by atoms with van der Waals surface area (Å²) in [7, 11) is -4.10. The molecule has 0 aliphatic heterocycles. The normalized spacial score (nSPS) is 14.6. The molecular weight excluding hydrogens is 903 g/mol. The predicted octanol–water partition coefficient (Wildman–Crippen LogP) is 9.52. The molecule has 0 spiro atoms. The van der Waals surface area contributed by atoms with Crippen LogP contribution in [-0.4, -0.2) is 94.8 Å². The third-order valence-corrected chi connectivity index (χ3v) is 11.4. The minimum atomic E-state index is -4.10. The van der Waals surface area contributed by atoms with Gasteiger partial charge in [0.2, 0.25) is 5.91 Å². The van der Waals surface area contributed by atoms with Gasteiger partial charge in [0, 0.05) is 37.8 Å². The van der Waals surface area contributed by atoms with Crippen LogP contribution in [-0.2, 0) is 61.3 Å². The number of hydrogen-bond donors (Lipinski definition) is 2. The Labute approximate surface area is 404 Å². The summed E-state index contributed by atoms with van der Waals surface area (Å²) in [4.78, 5) is 91.7. The number of nitrogens with one attached hydrogen (secondary N) is 2. The molecule has 0 aromatic heterocycles. The Balaban J connectivity index is 3.07. The summed E-state index contributed by atoms with van der Waals surface area (Å²) in [6, 6.07) is 4.02. The van der Waals surface area contributed by atoms with Crippen molar-refractivity contribution in [3.05, 3.63) is 35.6 Å². The van der Waals surface area contributed by atoms with E-state index in [1.165, 1.54) is 24.3 Å². The van der Waals surface area contributed by atoms with Crippen LogP contribution in [0.4, 0.5) is 4.39 Å². The molecule has 16 nitrogen and oxygen atoms in total. The molecule has 2 N–H and O–H groups in total. The summed E-state index contributed by atoms with van der Waals surface area (Å²) in [6.45, 7) is 25.5. The van der Waals surface area contributed by atoms with Gasteiger partial charge in [-0.15, -0.1) is 0 Å². The standard InChI is InChI=1S/C50H82FN2O14P/c1-46(2,3)63-41(56)29-25-36(44(59)65-48(7,8)9)33-68(61,67-50(13,14)15)62-31-19-21-39(45(60)66-49(10,11)12)53-40(55)28-24-35(43(58)64-47(4,5)6)32-38(54)20-17-16-18-30-52-42(57)34-22-26-37(51)27-23-34/h22-23,26-27,35-36,39H,16-21,24-25,28-33H2,1-15H3,(H,52,57)(H,53,55)/t35-,36-,39+,68?/m1/s1. The fraction of sp³-hybridized carbons (Fsp3) is 0.740.